The molecular formula is C25H19ClN4O3S. The number of halogens is 1. The predicted octanol–water partition coefficient (Wildman–Crippen LogP) is 5.28. The van der Waals surface area contributed by atoms with Gasteiger partial charge in [-0.3, -0.25) is 14.2 Å². The van der Waals surface area contributed by atoms with Gasteiger partial charge in [0.2, 0.25) is 5.91 Å². The maximum absolute atomic E-state index is 13.2. The Hall–Kier alpha value is -3.75. The van der Waals surface area contributed by atoms with Gasteiger partial charge in [-0.25, -0.2) is 9.97 Å². The number of nitrogens with one attached hydrogen (secondary N) is 1. The second kappa shape index (κ2) is 8.89. The van der Waals surface area contributed by atoms with Crippen molar-refractivity contribution in [3.05, 3.63) is 82.0 Å². The van der Waals surface area contributed by atoms with Crippen molar-refractivity contribution >= 4 is 55.0 Å². The number of hydrogen-bond acceptors (Lipinski definition) is 6. The molecule has 5 aromatic rings. The minimum atomic E-state index is -0.371. The zero-order valence-electron chi connectivity index (χ0n) is 18.3. The second-order valence-corrected chi connectivity index (χ2v) is 9.12. The molecule has 0 aliphatic rings. The van der Waals surface area contributed by atoms with E-state index in [0.29, 0.717) is 26.7 Å². The predicted molar refractivity (Wildman–Crippen MR) is 136 cm³/mol. The standard InChI is InChI=1S/C25H19ClN4O3S/c1-14-10-17(15-6-4-3-5-7-15)21-22-23(34-24(21)28-14)25(32)30(13-27-22)12-20(31)29-16-8-9-19(33-2)18(26)11-16/h3-11,13H,12H2,1-2H3,(H,29,31). The molecule has 5 rings (SSSR count). The van der Waals surface area contributed by atoms with Crippen LogP contribution in [-0.2, 0) is 11.3 Å². The molecule has 0 bridgehead atoms. The van der Waals surface area contributed by atoms with Crippen LogP contribution in [0, 0.1) is 6.92 Å². The molecule has 34 heavy (non-hydrogen) atoms. The molecule has 0 saturated carbocycles. The van der Waals surface area contributed by atoms with E-state index < -0.39 is 0 Å². The van der Waals surface area contributed by atoms with Gasteiger partial charge in [0.25, 0.3) is 5.56 Å². The van der Waals surface area contributed by atoms with E-state index in [9.17, 15) is 9.59 Å². The fraction of sp³-hybridized carbons (Fsp3) is 0.120. The first-order valence-corrected chi connectivity index (χ1v) is 11.6. The summed E-state index contributed by atoms with van der Waals surface area (Å²) in [6.45, 7) is 1.75. The Morgan fingerprint density at radius 2 is 1.97 bits per heavy atom. The number of hydrogen-bond donors (Lipinski definition) is 1. The Morgan fingerprint density at radius 1 is 1.18 bits per heavy atom. The van der Waals surface area contributed by atoms with Crippen LogP contribution >= 0.6 is 22.9 Å². The van der Waals surface area contributed by atoms with Gasteiger partial charge in [0.1, 0.15) is 21.8 Å². The Morgan fingerprint density at radius 3 is 2.71 bits per heavy atom. The Bertz CT molecular complexity index is 1610. The molecule has 1 amide bonds. The summed E-state index contributed by atoms with van der Waals surface area (Å²) in [4.78, 5) is 35.8. The molecule has 7 nitrogen and oxygen atoms in total. The van der Waals surface area contributed by atoms with E-state index in [0.717, 1.165) is 27.0 Å². The van der Waals surface area contributed by atoms with Crippen LogP contribution in [0.25, 0.3) is 31.6 Å². The number of aryl methyl sites for hydroxylation is 1. The molecule has 0 spiro atoms. The summed E-state index contributed by atoms with van der Waals surface area (Å²) >= 11 is 7.42. The molecule has 0 unspecified atom stereocenters. The first-order valence-electron chi connectivity index (χ1n) is 10.4. The number of rotatable bonds is 5. The van der Waals surface area contributed by atoms with Crippen LogP contribution in [0.15, 0.2) is 65.7 Å². The number of benzene rings is 2. The maximum atomic E-state index is 13.2. The summed E-state index contributed by atoms with van der Waals surface area (Å²) in [5.41, 5.74) is 3.68. The lowest BCUT2D eigenvalue weighted by atomic mass is 10.0. The summed E-state index contributed by atoms with van der Waals surface area (Å²) in [5.74, 6) is 0.138. The van der Waals surface area contributed by atoms with Gasteiger partial charge >= 0.3 is 0 Å². The van der Waals surface area contributed by atoms with E-state index >= 15 is 0 Å². The van der Waals surface area contributed by atoms with Crippen LogP contribution in [0.3, 0.4) is 0 Å². The van der Waals surface area contributed by atoms with Gasteiger partial charge in [-0.1, -0.05) is 41.9 Å². The monoisotopic (exact) mass is 490 g/mol. The summed E-state index contributed by atoms with van der Waals surface area (Å²) in [7, 11) is 1.52. The smallest absolute Gasteiger partial charge is 0.271 e. The Kier molecular flexibility index (Phi) is 5.77. The highest BCUT2D eigenvalue weighted by Gasteiger charge is 2.18. The lowest BCUT2D eigenvalue weighted by Gasteiger charge is -2.09. The van der Waals surface area contributed by atoms with Gasteiger partial charge in [0.15, 0.2) is 0 Å². The highest BCUT2D eigenvalue weighted by atomic mass is 35.5. The van der Waals surface area contributed by atoms with Crippen molar-refractivity contribution < 1.29 is 9.53 Å². The first kappa shape index (κ1) is 22.1. The number of anilines is 1. The largest absolute Gasteiger partial charge is 0.495 e. The lowest BCUT2D eigenvalue weighted by Crippen LogP contribution is -2.27. The zero-order chi connectivity index (χ0) is 23.8. The number of methoxy groups -OCH3 is 1. The fourth-order valence-electron chi connectivity index (χ4n) is 3.84. The fourth-order valence-corrected chi connectivity index (χ4v) is 5.25. The van der Waals surface area contributed by atoms with Crippen molar-refractivity contribution in [2.45, 2.75) is 13.5 Å². The van der Waals surface area contributed by atoms with E-state index in [2.05, 4.69) is 15.3 Å². The topological polar surface area (TPSA) is 86.1 Å². The third-order valence-corrected chi connectivity index (χ3v) is 6.74. The van der Waals surface area contributed by atoms with Crippen molar-refractivity contribution in [1.82, 2.24) is 14.5 Å². The molecule has 9 heteroatoms. The molecular weight excluding hydrogens is 472 g/mol. The van der Waals surface area contributed by atoms with Gasteiger partial charge in [-0.2, -0.15) is 0 Å². The summed E-state index contributed by atoms with van der Waals surface area (Å²) < 4.78 is 6.89. The van der Waals surface area contributed by atoms with E-state index in [4.69, 9.17) is 16.3 Å². The SMILES string of the molecule is COc1ccc(NC(=O)Cn2cnc3c(sc4nc(C)cc(-c5ccccc5)c43)c2=O)cc1Cl. The summed E-state index contributed by atoms with van der Waals surface area (Å²) in [6.07, 6.45) is 1.41. The third kappa shape index (κ3) is 4.02. The molecule has 0 fully saturated rings. The number of ether oxygens (including phenoxy) is 1. The van der Waals surface area contributed by atoms with Gasteiger partial charge in [-0.05, 0) is 42.3 Å². The Labute approximate surface area is 203 Å². The molecule has 0 saturated heterocycles. The molecule has 0 aliphatic carbocycles. The number of amides is 1. The molecule has 0 atom stereocenters. The summed E-state index contributed by atoms with van der Waals surface area (Å²) in [5, 5.41) is 3.97. The van der Waals surface area contributed by atoms with Gasteiger partial charge in [0.05, 0.1) is 24.0 Å². The van der Waals surface area contributed by atoms with Crippen molar-refractivity contribution in [2.75, 3.05) is 12.4 Å². The highest BCUT2D eigenvalue weighted by molar-refractivity contribution is 7.25. The van der Waals surface area contributed by atoms with E-state index in [1.54, 1.807) is 18.2 Å². The van der Waals surface area contributed by atoms with Crippen molar-refractivity contribution in [3.8, 4) is 16.9 Å². The number of carbonyl (C=O) groups excluding carboxylic acids is 1. The van der Waals surface area contributed by atoms with Crippen LogP contribution in [0.4, 0.5) is 5.69 Å². The molecule has 0 aliphatic heterocycles. The number of aromatic nitrogens is 3. The number of thiophene rings is 1. The van der Waals surface area contributed by atoms with Crippen LogP contribution in [0.2, 0.25) is 5.02 Å². The molecule has 3 heterocycles. The van der Waals surface area contributed by atoms with Crippen LogP contribution in [-0.4, -0.2) is 27.6 Å². The quantitative estimate of drug-likeness (QED) is 0.362. The first-order chi connectivity index (χ1) is 16.4. The third-order valence-electron chi connectivity index (χ3n) is 5.38. The van der Waals surface area contributed by atoms with Gasteiger partial charge in [-0.15, -0.1) is 11.3 Å². The molecule has 1 N–H and O–H groups in total. The number of pyridine rings is 1. The van der Waals surface area contributed by atoms with E-state index in [-0.39, 0.29) is 18.0 Å². The van der Waals surface area contributed by atoms with Crippen molar-refractivity contribution in [3.63, 3.8) is 0 Å². The maximum Gasteiger partial charge on any atom is 0.271 e. The summed E-state index contributed by atoms with van der Waals surface area (Å²) in [6, 6.07) is 16.9. The minimum Gasteiger partial charge on any atom is -0.495 e. The van der Waals surface area contributed by atoms with Crippen LogP contribution in [0.5, 0.6) is 5.75 Å². The lowest BCUT2D eigenvalue weighted by molar-refractivity contribution is -0.116. The van der Waals surface area contributed by atoms with Crippen molar-refractivity contribution in [1.29, 1.82) is 0 Å². The average molecular weight is 491 g/mol. The van der Waals surface area contributed by atoms with Crippen molar-refractivity contribution in [2.24, 2.45) is 0 Å². The zero-order valence-corrected chi connectivity index (χ0v) is 19.9. The minimum absolute atomic E-state index is 0.183. The van der Waals surface area contributed by atoms with E-state index in [1.807, 2.05) is 43.3 Å². The highest BCUT2D eigenvalue weighted by Crippen LogP contribution is 2.37. The average Bonchev–Trinajstić information content (AvgIpc) is 3.20. The molecule has 170 valence electrons. The number of fused-ring (bicyclic) bond motifs is 3. The molecule has 3 aromatic heterocycles. The normalized spacial score (nSPS) is 11.1. The van der Waals surface area contributed by atoms with E-state index in [1.165, 1.54) is 29.3 Å². The van der Waals surface area contributed by atoms with Crippen LogP contribution < -0.4 is 15.6 Å². The second-order valence-electron chi connectivity index (χ2n) is 7.71. The number of carbonyl (C=O) groups is 1. The molecule has 2 aromatic carbocycles. The van der Waals surface area contributed by atoms with Crippen LogP contribution in [0.1, 0.15) is 5.69 Å². The Balaban J connectivity index is 1.51. The number of nitrogens with zero attached hydrogens (tertiary/aromatic N) is 3. The molecule has 0 radical (unpaired) electrons. The van der Waals surface area contributed by atoms with Gasteiger partial charge < -0.3 is 10.1 Å². The van der Waals surface area contributed by atoms with Gasteiger partial charge in [0, 0.05) is 16.8 Å².